The Hall–Kier alpha value is -3.43. The summed E-state index contributed by atoms with van der Waals surface area (Å²) in [6.45, 7) is 0. The Morgan fingerprint density at radius 1 is 0.567 bits per heavy atom. The molecule has 0 saturated heterocycles. The molecule has 0 N–H and O–H groups in total. The van der Waals surface area contributed by atoms with E-state index in [1.807, 2.05) is 36.4 Å². The quantitative estimate of drug-likeness (QED) is 0.301. The molecule has 0 atom stereocenters. The van der Waals surface area contributed by atoms with Gasteiger partial charge < -0.3 is 0 Å². The predicted octanol–water partition coefficient (Wildman–Crippen LogP) is 7.86. The van der Waals surface area contributed by atoms with E-state index in [-0.39, 0.29) is 5.82 Å². The van der Waals surface area contributed by atoms with Crippen molar-refractivity contribution < 1.29 is 4.39 Å². The Balaban J connectivity index is 1.83. The van der Waals surface area contributed by atoms with Crippen molar-refractivity contribution in [3.63, 3.8) is 0 Å². The molecular formula is C27H18FNS. The van der Waals surface area contributed by atoms with Crippen molar-refractivity contribution in [2.45, 2.75) is 9.92 Å². The van der Waals surface area contributed by atoms with E-state index in [0.29, 0.717) is 0 Å². The van der Waals surface area contributed by atoms with Gasteiger partial charge in [0.25, 0.3) is 0 Å². The molecule has 5 rings (SSSR count). The highest BCUT2D eigenvalue weighted by molar-refractivity contribution is 7.99. The Kier molecular flexibility index (Phi) is 5.04. The lowest BCUT2D eigenvalue weighted by molar-refractivity contribution is 0.626. The lowest BCUT2D eigenvalue weighted by Crippen LogP contribution is -1.95. The molecule has 30 heavy (non-hydrogen) atoms. The van der Waals surface area contributed by atoms with Gasteiger partial charge in [-0.1, -0.05) is 90.6 Å². The molecule has 0 aliphatic carbocycles. The van der Waals surface area contributed by atoms with Crippen molar-refractivity contribution in [3.8, 4) is 22.3 Å². The Morgan fingerprint density at radius 3 is 1.80 bits per heavy atom. The second-order valence-electron chi connectivity index (χ2n) is 6.97. The molecule has 4 aromatic carbocycles. The van der Waals surface area contributed by atoms with E-state index in [9.17, 15) is 4.39 Å². The summed E-state index contributed by atoms with van der Waals surface area (Å²) in [6, 6.07) is 35.6. The minimum atomic E-state index is -0.237. The number of rotatable bonds is 4. The second kappa shape index (κ2) is 8.13. The van der Waals surface area contributed by atoms with E-state index < -0.39 is 0 Å². The van der Waals surface area contributed by atoms with Crippen LogP contribution in [0.3, 0.4) is 0 Å². The number of para-hydroxylation sites is 1. The fraction of sp³-hybridized carbons (Fsp3) is 0. The lowest BCUT2D eigenvalue weighted by Gasteiger charge is -2.18. The number of nitrogens with zero attached hydrogens (tertiary/aromatic N) is 1. The van der Waals surface area contributed by atoms with Crippen molar-refractivity contribution in [1.29, 1.82) is 0 Å². The highest BCUT2D eigenvalue weighted by atomic mass is 32.2. The Morgan fingerprint density at radius 2 is 1.13 bits per heavy atom. The highest BCUT2D eigenvalue weighted by Crippen LogP contribution is 2.44. The van der Waals surface area contributed by atoms with Gasteiger partial charge in [0.15, 0.2) is 0 Å². The maximum atomic E-state index is 13.4. The van der Waals surface area contributed by atoms with Gasteiger partial charge >= 0.3 is 0 Å². The summed E-state index contributed by atoms with van der Waals surface area (Å²) in [5.41, 5.74) is 5.46. The summed E-state index contributed by atoms with van der Waals surface area (Å²) in [5.74, 6) is -0.237. The summed E-state index contributed by atoms with van der Waals surface area (Å²) in [6.07, 6.45) is 0. The van der Waals surface area contributed by atoms with Gasteiger partial charge in [-0.25, -0.2) is 9.37 Å². The average molecular weight is 408 g/mol. The summed E-state index contributed by atoms with van der Waals surface area (Å²) < 4.78 is 13.4. The highest BCUT2D eigenvalue weighted by Gasteiger charge is 2.19. The molecule has 0 aliphatic rings. The van der Waals surface area contributed by atoms with Crippen molar-refractivity contribution in [3.05, 3.63) is 115 Å². The summed E-state index contributed by atoms with van der Waals surface area (Å²) in [4.78, 5) is 5.98. The van der Waals surface area contributed by atoms with Crippen LogP contribution in [-0.4, -0.2) is 4.98 Å². The van der Waals surface area contributed by atoms with E-state index in [4.69, 9.17) is 4.98 Å². The third-order valence-corrected chi connectivity index (χ3v) is 6.01. The number of aromatic nitrogens is 1. The molecule has 0 radical (unpaired) electrons. The average Bonchev–Trinajstić information content (AvgIpc) is 2.81. The van der Waals surface area contributed by atoms with E-state index in [0.717, 1.165) is 43.1 Å². The summed E-state index contributed by atoms with van der Waals surface area (Å²) in [7, 11) is 0. The minimum Gasteiger partial charge on any atom is -0.240 e. The monoisotopic (exact) mass is 407 g/mol. The van der Waals surface area contributed by atoms with Gasteiger partial charge in [-0.2, -0.15) is 0 Å². The summed E-state index contributed by atoms with van der Waals surface area (Å²) >= 11 is 1.56. The molecule has 5 aromatic rings. The molecule has 0 saturated carbocycles. The van der Waals surface area contributed by atoms with Crippen LogP contribution in [0.4, 0.5) is 4.39 Å². The molecule has 0 spiro atoms. The number of benzene rings is 4. The maximum Gasteiger partial charge on any atom is 0.123 e. The lowest BCUT2D eigenvalue weighted by atomic mass is 9.92. The molecule has 0 aliphatic heterocycles. The maximum absolute atomic E-state index is 13.4. The first-order valence-electron chi connectivity index (χ1n) is 9.76. The zero-order chi connectivity index (χ0) is 20.3. The molecule has 144 valence electrons. The van der Waals surface area contributed by atoms with E-state index in [1.54, 1.807) is 23.9 Å². The van der Waals surface area contributed by atoms with Crippen LogP contribution >= 0.6 is 11.8 Å². The molecule has 3 heteroatoms. The van der Waals surface area contributed by atoms with Gasteiger partial charge in [-0.15, -0.1) is 0 Å². The topological polar surface area (TPSA) is 12.9 Å². The van der Waals surface area contributed by atoms with Gasteiger partial charge in [0.2, 0.25) is 0 Å². The van der Waals surface area contributed by atoms with Crippen LogP contribution in [0.5, 0.6) is 0 Å². The normalized spacial score (nSPS) is 11.0. The number of fused-ring (bicyclic) bond motifs is 1. The van der Waals surface area contributed by atoms with Crippen LogP contribution < -0.4 is 0 Å². The van der Waals surface area contributed by atoms with Gasteiger partial charge in [0.1, 0.15) is 10.8 Å². The number of hydrogen-bond donors (Lipinski definition) is 0. The van der Waals surface area contributed by atoms with Gasteiger partial charge in [0, 0.05) is 21.4 Å². The van der Waals surface area contributed by atoms with Gasteiger partial charge in [0.05, 0.1) is 5.52 Å². The van der Waals surface area contributed by atoms with E-state index in [1.165, 1.54) is 12.1 Å². The van der Waals surface area contributed by atoms with Gasteiger partial charge in [-0.3, -0.25) is 0 Å². The first kappa shape index (κ1) is 18.6. The third kappa shape index (κ3) is 3.60. The second-order valence-corrected chi connectivity index (χ2v) is 8.03. The molecule has 0 unspecified atom stereocenters. The third-order valence-electron chi connectivity index (χ3n) is 5.01. The van der Waals surface area contributed by atoms with Crippen molar-refractivity contribution in [2.24, 2.45) is 0 Å². The molecule has 0 amide bonds. The van der Waals surface area contributed by atoms with Crippen molar-refractivity contribution in [2.75, 3.05) is 0 Å². The molecule has 1 heterocycles. The summed E-state index contributed by atoms with van der Waals surface area (Å²) in [5, 5.41) is 2.02. The minimum absolute atomic E-state index is 0.237. The van der Waals surface area contributed by atoms with Crippen LogP contribution in [0.25, 0.3) is 33.2 Å². The first-order valence-corrected chi connectivity index (χ1v) is 10.6. The molecule has 1 nitrogen and oxygen atoms in total. The van der Waals surface area contributed by atoms with Crippen LogP contribution in [-0.2, 0) is 0 Å². The first-order chi connectivity index (χ1) is 14.8. The van der Waals surface area contributed by atoms with Crippen LogP contribution in [0.1, 0.15) is 0 Å². The zero-order valence-corrected chi connectivity index (χ0v) is 16.9. The largest absolute Gasteiger partial charge is 0.240 e. The van der Waals surface area contributed by atoms with Crippen molar-refractivity contribution >= 4 is 22.7 Å². The molecule has 0 bridgehead atoms. The predicted molar refractivity (Wildman–Crippen MR) is 123 cm³/mol. The van der Waals surface area contributed by atoms with Crippen LogP contribution in [0.15, 0.2) is 119 Å². The number of halogens is 1. The van der Waals surface area contributed by atoms with Crippen LogP contribution in [0.2, 0.25) is 0 Å². The Bertz CT molecular complexity index is 1300. The molecule has 1 aromatic heterocycles. The zero-order valence-electron chi connectivity index (χ0n) is 16.1. The smallest absolute Gasteiger partial charge is 0.123 e. The van der Waals surface area contributed by atoms with Gasteiger partial charge in [-0.05, 0) is 41.5 Å². The SMILES string of the molecule is Fc1ccc(Sc2nc3ccccc3c(-c3ccccc3)c2-c2ccccc2)cc1. The number of pyridine rings is 1. The van der Waals surface area contributed by atoms with E-state index in [2.05, 4.69) is 48.5 Å². The standard InChI is InChI=1S/C27H18FNS/c28-21-15-17-22(18-16-21)30-27-26(20-11-5-2-6-12-20)25(19-9-3-1-4-10-19)23-13-7-8-14-24(23)29-27/h1-18H. The van der Waals surface area contributed by atoms with Crippen LogP contribution in [0, 0.1) is 5.82 Å². The fourth-order valence-corrected chi connectivity index (χ4v) is 4.62. The molecule has 0 fully saturated rings. The molecular weight excluding hydrogens is 389 g/mol. The Labute approximate surface area is 179 Å². The fourth-order valence-electron chi connectivity index (χ4n) is 3.65. The van der Waals surface area contributed by atoms with Crippen molar-refractivity contribution in [1.82, 2.24) is 4.98 Å². The number of hydrogen-bond acceptors (Lipinski definition) is 2. The van der Waals surface area contributed by atoms with E-state index >= 15 is 0 Å².